The van der Waals surface area contributed by atoms with Gasteiger partial charge in [0.15, 0.2) is 0 Å². The predicted octanol–water partition coefficient (Wildman–Crippen LogP) is 2.74. The summed E-state index contributed by atoms with van der Waals surface area (Å²) in [6.07, 6.45) is 2.40. The van der Waals surface area contributed by atoms with Gasteiger partial charge in [-0.3, -0.25) is 9.59 Å². The minimum atomic E-state index is -0.203. The van der Waals surface area contributed by atoms with E-state index in [4.69, 9.17) is 4.74 Å². The first kappa shape index (κ1) is 17.6. The Bertz CT molecular complexity index is 782. The normalized spacial score (nSPS) is 14.4. The van der Waals surface area contributed by atoms with Crippen LogP contribution in [-0.2, 0) is 11.2 Å². The summed E-state index contributed by atoms with van der Waals surface area (Å²) >= 11 is 1.38. The van der Waals surface area contributed by atoms with E-state index in [1.54, 1.807) is 17.2 Å². The zero-order valence-corrected chi connectivity index (χ0v) is 15.2. The van der Waals surface area contributed by atoms with Gasteiger partial charge in [-0.2, -0.15) is 0 Å². The van der Waals surface area contributed by atoms with Crippen molar-refractivity contribution in [3.63, 3.8) is 0 Å². The molecule has 0 bridgehead atoms. The van der Waals surface area contributed by atoms with Crippen molar-refractivity contribution in [3.05, 3.63) is 45.4 Å². The fourth-order valence-electron chi connectivity index (χ4n) is 2.64. The van der Waals surface area contributed by atoms with Gasteiger partial charge in [0.25, 0.3) is 11.8 Å². The van der Waals surface area contributed by atoms with Crippen LogP contribution in [0, 0.1) is 6.92 Å². The van der Waals surface area contributed by atoms with Crippen molar-refractivity contribution < 1.29 is 14.3 Å². The van der Waals surface area contributed by atoms with Crippen LogP contribution in [0.15, 0.2) is 24.4 Å². The molecular weight excluding hydrogens is 338 g/mol. The lowest BCUT2D eigenvalue weighted by Gasteiger charge is -2.27. The monoisotopic (exact) mass is 359 g/mol. The number of nitrogens with one attached hydrogen (secondary N) is 1. The molecule has 132 valence electrons. The number of rotatable bonds is 4. The van der Waals surface area contributed by atoms with Crippen LogP contribution in [0.4, 0.5) is 5.69 Å². The van der Waals surface area contributed by atoms with E-state index in [9.17, 15) is 9.59 Å². The van der Waals surface area contributed by atoms with Gasteiger partial charge in [0.05, 0.1) is 24.4 Å². The van der Waals surface area contributed by atoms with Crippen LogP contribution in [0.25, 0.3) is 0 Å². The summed E-state index contributed by atoms with van der Waals surface area (Å²) in [5.74, 6) is -0.228. The first-order valence-corrected chi connectivity index (χ1v) is 9.14. The predicted molar refractivity (Wildman–Crippen MR) is 97.3 cm³/mol. The molecule has 6 nitrogen and oxygen atoms in total. The maximum atomic E-state index is 12.7. The quantitative estimate of drug-likeness (QED) is 0.911. The molecule has 0 atom stereocenters. The summed E-state index contributed by atoms with van der Waals surface area (Å²) in [4.78, 5) is 31.6. The standard InChI is InChI=1S/C18H21N3O3S/c1-3-16-19-11-15(25-16)17(22)20-13-5-4-12(2)14(10-13)18(23)21-6-8-24-9-7-21/h4-5,10-11H,3,6-9H2,1-2H3,(H,20,22). The van der Waals surface area contributed by atoms with E-state index < -0.39 is 0 Å². The summed E-state index contributed by atoms with van der Waals surface area (Å²) in [6.45, 7) is 6.21. The molecule has 0 radical (unpaired) electrons. The molecule has 1 aliphatic heterocycles. The van der Waals surface area contributed by atoms with Gasteiger partial charge in [0, 0.05) is 24.3 Å². The molecule has 2 amide bonds. The Kier molecular flexibility index (Phi) is 5.45. The minimum Gasteiger partial charge on any atom is -0.378 e. The number of anilines is 1. The number of ether oxygens (including phenoxy) is 1. The van der Waals surface area contributed by atoms with Crippen molar-refractivity contribution in [2.45, 2.75) is 20.3 Å². The largest absolute Gasteiger partial charge is 0.378 e. The van der Waals surface area contributed by atoms with Crippen LogP contribution in [0.1, 0.15) is 37.5 Å². The SMILES string of the molecule is CCc1ncc(C(=O)Nc2ccc(C)c(C(=O)N3CCOCC3)c2)s1. The van der Waals surface area contributed by atoms with Crippen molar-refractivity contribution in [1.82, 2.24) is 9.88 Å². The number of benzene rings is 1. The van der Waals surface area contributed by atoms with E-state index in [-0.39, 0.29) is 11.8 Å². The molecule has 1 aromatic heterocycles. The molecular formula is C18H21N3O3S. The van der Waals surface area contributed by atoms with Gasteiger partial charge in [-0.1, -0.05) is 13.0 Å². The summed E-state index contributed by atoms with van der Waals surface area (Å²) in [5, 5.41) is 3.79. The van der Waals surface area contributed by atoms with Gasteiger partial charge in [0.2, 0.25) is 0 Å². The average Bonchev–Trinajstić information content (AvgIpc) is 3.13. The Morgan fingerprint density at radius 1 is 1.32 bits per heavy atom. The minimum absolute atomic E-state index is 0.0250. The van der Waals surface area contributed by atoms with E-state index in [1.165, 1.54) is 11.3 Å². The molecule has 2 aromatic rings. The molecule has 0 unspecified atom stereocenters. The van der Waals surface area contributed by atoms with Crippen molar-refractivity contribution in [2.75, 3.05) is 31.6 Å². The van der Waals surface area contributed by atoms with Crippen LogP contribution in [0.3, 0.4) is 0 Å². The summed E-state index contributed by atoms with van der Waals surface area (Å²) in [5.41, 5.74) is 2.11. The average molecular weight is 359 g/mol. The summed E-state index contributed by atoms with van der Waals surface area (Å²) in [7, 11) is 0. The van der Waals surface area contributed by atoms with Crippen LogP contribution in [0.5, 0.6) is 0 Å². The van der Waals surface area contributed by atoms with E-state index in [1.807, 2.05) is 26.0 Å². The summed E-state index contributed by atoms with van der Waals surface area (Å²) in [6, 6.07) is 5.41. The number of hydrogen-bond donors (Lipinski definition) is 1. The highest BCUT2D eigenvalue weighted by molar-refractivity contribution is 7.13. The zero-order chi connectivity index (χ0) is 17.8. The highest BCUT2D eigenvalue weighted by Gasteiger charge is 2.21. The number of amides is 2. The van der Waals surface area contributed by atoms with Crippen molar-refractivity contribution in [1.29, 1.82) is 0 Å². The molecule has 25 heavy (non-hydrogen) atoms. The molecule has 2 heterocycles. The molecule has 3 rings (SSSR count). The molecule has 7 heteroatoms. The lowest BCUT2D eigenvalue weighted by atomic mass is 10.1. The Morgan fingerprint density at radius 2 is 2.08 bits per heavy atom. The second-order valence-electron chi connectivity index (χ2n) is 5.86. The van der Waals surface area contributed by atoms with Crippen LogP contribution in [0.2, 0.25) is 0 Å². The fourth-order valence-corrected chi connectivity index (χ4v) is 3.39. The number of carbonyl (C=O) groups excluding carboxylic acids is 2. The van der Waals surface area contributed by atoms with Gasteiger partial charge in [0.1, 0.15) is 4.88 Å². The van der Waals surface area contributed by atoms with Crippen molar-refractivity contribution >= 4 is 28.8 Å². The van der Waals surface area contributed by atoms with E-state index >= 15 is 0 Å². The second-order valence-corrected chi connectivity index (χ2v) is 6.98. The third-order valence-electron chi connectivity index (χ3n) is 4.10. The number of aryl methyl sites for hydroxylation is 2. The topological polar surface area (TPSA) is 71.5 Å². The van der Waals surface area contributed by atoms with Crippen molar-refractivity contribution in [3.8, 4) is 0 Å². The third-order valence-corrected chi connectivity index (χ3v) is 5.24. The molecule has 1 aliphatic rings. The first-order valence-electron chi connectivity index (χ1n) is 8.32. The van der Waals surface area contributed by atoms with Crippen LogP contribution < -0.4 is 5.32 Å². The maximum absolute atomic E-state index is 12.7. The Morgan fingerprint density at radius 3 is 2.76 bits per heavy atom. The molecule has 0 aliphatic carbocycles. The Balaban J connectivity index is 1.76. The van der Waals surface area contributed by atoms with Gasteiger partial charge in [-0.15, -0.1) is 11.3 Å². The van der Waals surface area contributed by atoms with Gasteiger partial charge >= 0.3 is 0 Å². The number of morpholine rings is 1. The van der Waals surface area contributed by atoms with Gasteiger partial charge in [-0.25, -0.2) is 4.98 Å². The van der Waals surface area contributed by atoms with Crippen LogP contribution >= 0.6 is 11.3 Å². The number of thiazole rings is 1. The number of aromatic nitrogens is 1. The third kappa shape index (κ3) is 4.05. The number of hydrogen-bond acceptors (Lipinski definition) is 5. The lowest BCUT2D eigenvalue weighted by Crippen LogP contribution is -2.41. The maximum Gasteiger partial charge on any atom is 0.267 e. The van der Waals surface area contributed by atoms with Gasteiger partial charge < -0.3 is 15.0 Å². The second kappa shape index (κ2) is 7.76. The highest BCUT2D eigenvalue weighted by Crippen LogP contribution is 2.20. The number of carbonyl (C=O) groups is 2. The van der Waals surface area contributed by atoms with Crippen LogP contribution in [-0.4, -0.2) is 48.0 Å². The molecule has 1 saturated heterocycles. The molecule has 1 fully saturated rings. The molecule has 1 N–H and O–H groups in total. The van der Waals surface area contributed by atoms with Crippen molar-refractivity contribution in [2.24, 2.45) is 0 Å². The first-order chi connectivity index (χ1) is 12.1. The Labute approximate surface area is 150 Å². The van der Waals surface area contributed by atoms with Gasteiger partial charge in [-0.05, 0) is 31.0 Å². The van der Waals surface area contributed by atoms with E-state index in [0.29, 0.717) is 42.4 Å². The fraction of sp³-hybridized carbons (Fsp3) is 0.389. The summed E-state index contributed by atoms with van der Waals surface area (Å²) < 4.78 is 5.30. The molecule has 0 spiro atoms. The smallest absolute Gasteiger partial charge is 0.267 e. The van der Waals surface area contributed by atoms with E-state index in [2.05, 4.69) is 10.3 Å². The molecule has 0 saturated carbocycles. The lowest BCUT2D eigenvalue weighted by molar-refractivity contribution is 0.0302. The molecule has 1 aromatic carbocycles. The highest BCUT2D eigenvalue weighted by atomic mass is 32.1. The zero-order valence-electron chi connectivity index (χ0n) is 14.4. The van der Waals surface area contributed by atoms with E-state index in [0.717, 1.165) is 17.0 Å². The number of nitrogens with zero attached hydrogens (tertiary/aromatic N) is 2. The Hall–Kier alpha value is -2.25.